The van der Waals surface area contributed by atoms with E-state index in [-0.39, 0.29) is 11.2 Å². The van der Waals surface area contributed by atoms with E-state index in [1.165, 1.54) is 16.3 Å². The first-order valence-corrected chi connectivity index (χ1v) is 7.43. The number of benzene rings is 1. The van der Waals surface area contributed by atoms with Gasteiger partial charge in [0.05, 0.1) is 5.69 Å². The molecule has 0 atom stereocenters. The molecule has 1 aromatic carbocycles. The van der Waals surface area contributed by atoms with Gasteiger partial charge in [-0.1, -0.05) is 37.2 Å². The maximum Gasteiger partial charge on any atom is 0.329 e. The zero-order valence-corrected chi connectivity index (χ0v) is 11.9. The molecule has 0 saturated heterocycles. The van der Waals surface area contributed by atoms with Gasteiger partial charge in [0.25, 0.3) is 5.56 Å². The predicted octanol–water partition coefficient (Wildman–Crippen LogP) is 2.54. The van der Waals surface area contributed by atoms with Crippen LogP contribution in [-0.4, -0.2) is 9.55 Å². The molecule has 0 unspecified atom stereocenters. The van der Waals surface area contributed by atoms with Crippen LogP contribution < -0.4 is 16.6 Å². The largest absolute Gasteiger partial charge is 0.348 e. The Morgan fingerprint density at radius 3 is 2.85 bits per heavy atom. The van der Waals surface area contributed by atoms with E-state index >= 15 is 0 Å². The average molecular weight is 289 g/mol. The molecule has 0 bridgehead atoms. The van der Waals surface area contributed by atoms with Crippen molar-refractivity contribution in [2.45, 2.75) is 36.2 Å². The number of rotatable bonds is 3. The minimum Gasteiger partial charge on any atom is -0.348 e. The molecule has 1 aliphatic heterocycles. The molecule has 20 heavy (non-hydrogen) atoms. The van der Waals surface area contributed by atoms with E-state index in [9.17, 15) is 9.59 Å². The first-order valence-electron chi connectivity index (χ1n) is 6.61. The lowest BCUT2D eigenvalue weighted by Gasteiger charge is -2.20. The number of para-hydroxylation sites is 1. The zero-order valence-electron chi connectivity index (χ0n) is 11.1. The van der Waals surface area contributed by atoms with Crippen LogP contribution in [0, 0.1) is 0 Å². The van der Waals surface area contributed by atoms with Crippen molar-refractivity contribution in [3.8, 4) is 0 Å². The summed E-state index contributed by atoms with van der Waals surface area (Å²) in [5, 5.41) is 3.72. The molecule has 1 aliphatic rings. The summed E-state index contributed by atoms with van der Waals surface area (Å²) in [6, 6.07) is 7.72. The average Bonchev–Trinajstić information content (AvgIpc) is 2.45. The second kappa shape index (κ2) is 5.20. The topological polar surface area (TPSA) is 66.9 Å². The number of fused-ring (bicyclic) bond motifs is 2. The summed E-state index contributed by atoms with van der Waals surface area (Å²) in [6.07, 6.45) is 1.75. The van der Waals surface area contributed by atoms with Gasteiger partial charge in [-0.2, -0.15) is 0 Å². The molecule has 2 aromatic rings. The SMILES string of the molecule is CCCCn1c(=O)[nH]c2c(c1=O)Nc1ccccc1S2. The lowest BCUT2D eigenvalue weighted by Crippen LogP contribution is -2.37. The van der Waals surface area contributed by atoms with E-state index < -0.39 is 0 Å². The number of unbranched alkanes of at least 4 members (excludes halogenated alkanes) is 1. The van der Waals surface area contributed by atoms with Gasteiger partial charge >= 0.3 is 5.69 Å². The summed E-state index contributed by atoms with van der Waals surface area (Å²) in [6.45, 7) is 2.48. The van der Waals surface area contributed by atoms with Gasteiger partial charge in [-0.15, -0.1) is 0 Å². The van der Waals surface area contributed by atoms with Crippen LogP contribution in [0.25, 0.3) is 0 Å². The highest BCUT2D eigenvalue weighted by Crippen LogP contribution is 2.40. The Morgan fingerprint density at radius 2 is 2.05 bits per heavy atom. The van der Waals surface area contributed by atoms with E-state index in [1.807, 2.05) is 31.2 Å². The summed E-state index contributed by atoms with van der Waals surface area (Å²) in [5.74, 6) is 0. The number of hydrogen-bond acceptors (Lipinski definition) is 4. The van der Waals surface area contributed by atoms with Crippen molar-refractivity contribution >= 4 is 23.1 Å². The number of nitrogens with zero attached hydrogens (tertiary/aromatic N) is 1. The molecule has 1 aromatic heterocycles. The number of nitrogens with one attached hydrogen (secondary N) is 2. The lowest BCUT2D eigenvalue weighted by molar-refractivity contribution is 0.577. The van der Waals surface area contributed by atoms with Crippen molar-refractivity contribution in [3.63, 3.8) is 0 Å². The normalized spacial score (nSPS) is 12.4. The lowest BCUT2D eigenvalue weighted by atomic mass is 10.3. The molecular weight excluding hydrogens is 274 g/mol. The van der Waals surface area contributed by atoms with E-state index in [1.54, 1.807) is 0 Å². The van der Waals surface area contributed by atoms with Gasteiger partial charge in [0, 0.05) is 11.4 Å². The molecule has 104 valence electrons. The molecule has 2 N–H and O–H groups in total. The Hall–Kier alpha value is -1.95. The summed E-state index contributed by atoms with van der Waals surface area (Å²) in [7, 11) is 0. The van der Waals surface area contributed by atoms with Crippen LogP contribution in [0.5, 0.6) is 0 Å². The van der Waals surface area contributed by atoms with E-state index in [4.69, 9.17) is 0 Å². The van der Waals surface area contributed by atoms with E-state index in [0.717, 1.165) is 23.4 Å². The molecule has 0 amide bonds. The summed E-state index contributed by atoms with van der Waals surface area (Å²) < 4.78 is 1.27. The Labute approximate surface area is 120 Å². The van der Waals surface area contributed by atoms with Gasteiger partial charge in [0.1, 0.15) is 10.7 Å². The van der Waals surface area contributed by atoms with Crippen molar-refractivity contribution in [2.24, 2.45) is 0 Å². The number of aromatic amines is 1. The molecule has 0 radical (unpaired) electrons. The van der Waals surface area contributed by atoms with Gasteiger partial charge in [-0.25, -0.2) is 4.79 Å². The standard InChI is InChI=1S/C14H15N3O2S/c1-2-3-8-17-13(18)11-12(16-14(17)19)20-10-7-5-4-6-9(10)15-11/h4-7,15H,2-3,8H2,1H3,(H,16,19). The van der Waals surface area contributed by atoms with E-state index in [2.05, 4.69) is 10.3 Å². The predicted molar refractivity (Wildman–Crippen MR) is 80.1 cm³/mol. The van der Waals surface area contributed by atoms with Crippen LogP contribution in [-0.2, 0) is 6.54 Å². The fourth-order valence-electron chi connectivity index (χ4n) is 2.16. The highest BCUT2D eigenvalue weighted by Gasteiger charge is 2.21. The van der Waals surface area contributed by atoms with Crippen LogP contribution in [0.15, 0.2) is 43.8 Å². The second-order valence-corrected chi connectivity index (χ2v) is 5.72. The van der Waals surface area contributed by atoms with Gasteiger partial charge < -0.3 is 5.32 Å². The molecule has 2 heterocycles. The van der Waals surface area contributed by atoms with Gasteiger partial charge in [-0.05, 0) is 18.6 Å². The molecule has 0 spiro atoms. The number of H-pyrrole nitrogens is 1. The van der Waals surface area contributed by atoms with Crippen molar-refractivity contribution in [1.29, 1.82) is 0 Å². The molecule has 0 saturated carbocycles. The van der Waals surface area contributed by atoms with Crippen LogP contribution in [0.1, 0.15) is 19.8 Å². The van der Waals surface area contributed by atoms with Gasteiger partial charge in [0.2, 0.25) is 0 Å². The smallest absolute Gasteiger partial charge is 0.329 e. The molecule has 0 fully saturated rings. The first kappa shape index (κ1) is 13.1. The Bertz CT molecular complexity index is 764. The maximum atomic E-state index is 12.4. The Kier molecular flexibility index (Phi) is 3.40. The Morgan fingerprint density at radius 1 is 1.25 bits per heavy atom. The van der Waals surface area contributed by atoms with Crippen LogP contribution in [0.3, 0.4) is 0 Å². The fourth-order valence-corrected chi connectivity index (χ4v) is 3.14. The van der Waals surface area contributed by atoms with Crippen molar-refractivity contribution in [1.82, 2.24) is 9.55 Å². The van der Waals surface area contributed by atoms with Crippen LogP contribution >= 0.6 is 11.8 Å². The third kappa shape index (κ3) is 2.16. The van der Waals surface area contributed by atoms with E-state index in [0.29, 0.717) is 17.3 Å². The highest BCUT2D eigenvalue weighted by atomic mass is 32.2. The monoisotopic (exact) mass is 289 g/mol. The first-order chi connectivity index (χ1) is 9.70. The number of aromatic nitrogens is 2. The number of anilines is 2. The molecule has 0 aliphatic carbocycles. The fraction of sp³-hybridized carbons (Fsp3) is 0.286. The van der Waals surface area contributed by atoms with Crippen LogP contribution in [0.4, 0.5) is 11.4 Å². The Balaban J connectivity index is 2.09. The third-order valence-electron chi connectivity index (χ3n) is 3.25. The van der Waals surface area contributed by atoms with Gasteiger partial charge in [0.15, 0.2) is 0 Å². The van der Waals surface area contributed by atoms with Crippen molar-refractivity contribution < 1.29 is 0 Å². The minimum absolute atomic E-state index is 0.251. The van der Waals surface area contributed by atoms with Crippen molar-refractivity contribution in [3.05, 3.63) is 45.1 Å². The van der Waals surface area contributed by atoms with Crippen LogP contribution in [0.2, 0.25) is 0 Å². The molecular formula is C14H15N3O2S. The highest BCUT2D eigenvalue weighted by molar-refractivity contribution is 7.99. The minimum atomic E-state index is -0.337. The van der Waals surface area contributed by atoms with Crippen molar-refractivity contribution in [2.75, 3.05) is 5.32 Å². The quantitative estimate of drug-likeness (QED) is 0.727. The summed E-state index contributed by atoms with van der Waals surface area (Å²) in [4.78, 5) is 28.2. The zero-order chi connectivity index (χ0) is 14.1. The molecule has 3 rings (SSSR count). The second-order valence-electron chi connectivity index (χ2n) is 4.67. The maximum absolute atomic E-state index is 12.4. The summed E-state index contributed by atoms with van der Waals surface area (Å²) in [5.41, 5.74) is 0.774. The number of hydrogen-bond donors (Lipinski definition) is 2. The third-order valence-corrected chi connectivity index (χ3v) is 4.33. The molecule has 6 heteroatoms. The summed E-state index contributed by atoms with van der Waals surface area (Å²) >= 11 is 1.41. The van der Waals surface area contributed by atoms with Gasteiger partial charge in [-0.3, -0.25) is 14.3 Å². The molecule has 5 nitrogen and oxygen atoms in total.